The van der Waals surface area contributed by atoms with Crippen LogP contribution in [0.1, 0.15) is 181 Å². The second kappa shape index (κ2) is 16.0. The van der Waals surface area contributed by atoms with Crippen LogP contribution in [0, 0.1) is 33.0 Å². The molecule has 0 rings (SSSR count). The molecule has 0 aliphatic heterocycles. The van der Waals surface area contributed by atoms with E-state index in [1.165, 1.54) is 76.2 Å². The predicted octanol–water partition coefficient (Wildman–Crippen LogP) is 13.9. The third kappa shape index (κ3) is 19.1. The van der Waals surface area contributed by atoms with E-state index >= 15 is 0 Å². The van der Waals surface area contributed by atoms with Crippen LogP contribution in [0.3, 0.4) is 0 Å². The van der Waals surface area contributed by atoms with Crippen molar-refractivity contribution < 1.29 is 0 Å². The van der Waals surface area contributed by atoms with Crippen LogP contribution in [0.4, 0.5) is 0 Å². The summed E-state index contributed by atoms with van der Waals surface area (Å²) in [6, 6.07) is 0. The Labute approximate surface area is 249 Å². The van der Waals surface area contributed by atoms with Crippen LogP contribution in [0.5, 0.6) is 0 Å². The Morgan fingerprint density at radius 1 is 0.667 bits per heavy atom. The van der Waals surface area contributed by atoms with Crippen LogP contribution < -0.4 is 0 Å². The maximum atomic E-state index is 4.56. The Balaban J connectivity index is 4.78. The fourth-order valence-electron chi connectivity index (χ4n) is 6.46. The Morgan fingerprint density at radius 2 is 1.21 bits per heavy atom. The molecule has 230 valence electrons. The normalized spacial score (nSPS) is 15.6. The smallest absolute Gasteiger partial charge is 0.0234 e. The molecule has 0 saturated carbocycles. The summed E-state index contributed by atoms with van der Waals surface area (Å²) in [6.07, 6.45) is 19.8. The van der Waals surface area contributed by atoms with Crippen molar-refractivity contribution in [2.75, 3.05) is 0 Å². The van der Waals surface area contributed by atoms with Crippen molar-refractivity contribution in [2.24, 2.45) is 33.0 Å². The molecule has 1 unspecified atom stereocenters. The molecule has 0 fully saturated rings. The van der Waals surface area contributed by atoms with E-state index in [0.717, 1.165) is 6.42 Å². The van der Waals surface area contributed by atoms with E-state index in [4.69, 9.17) is 0 Å². The minimum atomic E-state index is 0.327. The second-order valence-corrected chi connectivity index (χ2v) is 17.7. The molecule has 0 nitrogen and oxygen atoms in total. The van der Waals surface area contributed by atoms with E-state index in [2.05, 4.69) is 123 Å². The van der Waals surface area contributed by atoms with Crippen LogP contribution in [0.15, 0.2) is 35.5 Å². The molecule has 0 heteroatoms. The monoisotopic (exact) mass is 543 g/mol. The molecular formula is C39H74. The second-order valence-electron chi connectivity index (χ2n) is 17.7. The van der Waals surface area contributed by atoms with E-state index in [-0.39, 0.29) is 0 Å². The van der Waals surface area contributed by atoms with Crippen LogP contribution in [0.25, 0.3) is 0 Å². The molecule has 0 aromatic heterocycles. The zero-order valence-electron chi connectivity index (χ0n) is 29.9. The number of rotatable bonds is 19. The summed E-state index contributed by atoms with van der Waals surface area (Å²) in [5, 5.41) is 0. The molecule has 0 N–H and O–H groups in total. The fraction of sp³-hybridized carbons (Fsp3) is 0.846. The molecule has 0 bridgehead atoms. The first-order valence-electron chi connectivity index (χ1n) is 16.5. The molecule has 0 radical (unpaired) electrons. The lowest BCUT2D eigenvalue weighted by Crippen LogP contribution is -2.24. The van der Waals surface area contributed by atoms with Crippen molar-refractivity contribution in [3.05, 3.63) is 35.5 Å². The first-order valence-corrected chi connectivity index (χ1v) is 16.5. The maximum Gasteiger partial charge on any atom is -0.0234 e. The first kappa shape index (κ1) is 38.2. The van der Waals surface area contributed by atoms with E-state index < -0.39 is 0 Å². The summed E-state index contributed by atoms with van der Waals surface area (Å²) in [7, 11) is 0. The molecule has 0 amide bonds. The highest BCUT2D eigenvalue weighted by molar-refractivity contribution is 5.07. The van der Waals surface area contributed by atoms with Gasteiger partial charge in [0.25, 0.3) is 0 Å². The summed E-state index contributed by atoms with van der Waals surface area (Å²) in [5.41, 5.74) is 6.55. The van der Waals surface area contributed by atoms with Gasteiger partial charge < -0.3 is 0 Å². The predicted molar refractivity (Wildman–Crippen MR) is 181 cm³/mol. The average molecular weight is 543 g/mol. The van der Waals surface area contributed by atoms with Crippen molar-refractivity contribution in [3.63, 3.8) is 0 Å². The van der Waals surface area contributed by atoms with Crippen LogP contribution >= 0.6 is 0 Å². The number of allylic oxidation sites excluding steroid dienone is 5. The van der Waals surface area contributed by atoms with Crippen molar-refractivity contribution in [1.29, 1.82) is 0 Å². The van der Waals surface area contributed by atoms with Crippen LogP contribution in [0.2, 0.25) is 0 Å². The van der Waals surface area contributed by atoms with Crippen molar-refractivity contribution in [2.45, 2.75) is 181 Å². The molecule has 0 aromatic carbocycles. The molecule has 0 aliphatic rings. The van der Waals surface area contributed by atoms with Gasteiger partial charge in [0, 0.05) is 0 Å². The number of hydrogen-bond acceptors (Lipinski definition) is 0. The van der Waals surface area contributed by atoms with E-state index in [0.29, 0.717) is 33.0 Å². The van der Waals surface area contributed by atoms with Gasteiger partial charge in [0.2, 0.25) is 0 Å². The van der Waals surface area contributed by atoms with Gasteiger partial charge in [0.1, 0.15) is 0 Å². The zero-order valence-corrected chi connectivity index (χ0v) is 29.9. The van der Waals surface area contributed by atoms with Gasteiger partial charge in [-0.3, -0.25) is 0 Å². The van der Waals surface area contributed by atoms with Crippen molar-refractivity contribution >= 4 is 0 Å². The topological polar surface area (TPSA) is 0 Å². The lowest BCUT2D eigenvalue weighted by atomic mass is 9.69. The highest BCUT2D eigenvalue weighted by Gasteiger charge is 2.29. The minimum Gasteiger partial charge on any atom is -0.0996 e. The number of hydrogen-bond donors (Lipinski definition) is 0. The summed E-state index contributed by atoms with van der Waals surface area (Å²) < 4.78 is 0. The van der Waals surface area contributed by atoms with Gasteiger partial charge in [-0.15, -0.1) is 0 Å². The van der Waals surface area contributed by atoms with E-state index in [1.54, 1.807) is 11.1 Å². The quantitative estimate of drug-likeness (QED) is 0.142. The van der Waals surface area contributed by atoms with Gasteiger partial charge in [-0.2, -0.15) is 0 Å². The summed E-state index contributed by atoms with van der Waals surface area (Å²) in [4.78, 5) is 0. The largest absolute Gasteiger partial charge is 0.0996 e. The Hall–Kier alpha value is -0.780. The SMILES string of the molecule is C=C(CC(C)(C)CC(C)(C)CC)C(C)CCC(C)(C)C/C(C)=C/CCC(C)(C)C/C(=C/CCC(C)(C)C)CC. The van der Waals surface area contributed by atoms with Gasteiger partial charge in [-0.05, 0) is 111 Å². The summed E-state index contributed by atoms with van der Waals surface area (Å²) in [6.45, 7) is 40.6. The van der Waals surface area contributed by atoms with Crippen molar-refractivity contribution in [1.82, 2.24) is 0 Å². The lowest BCUT2D eigenvalue weighted by molar-refractivity contribution is 0.183. The maximum absolute atomic E-state index is 4.56. The first-order chi connectivity index (χ1) is 17.5. The average Bonchev–Trinajstić information content (AvgIpc) is 2.74. The molecule has 0 aliphatic carbocycles. The van der Waals surface area contributed by atoms with Crippen LogP contribution in [-0.2, 0) is 0 Å². The van der Waals surface area contributed by atoms with Crippen molar-refractivity contribution in [3.8, 4) is 0 Å². The van der Waals surface area contributed by atoms with Gasteiger partial charge >= 0.3 is 0 Å². The highest BCUT2D eigenvalue weighted by Crippen LogP contribution is 2.42. The molecule has 0 aromatic rings. The van der Waals surface area contributed by atoms with Gasteiger partial charge in [-0.25, -0.2) is 0 Å². The molecule has 39 heavy (non-hydrogen) atoms. The van der Waals surface area contributed by atoms with Gasteiger partial charge in [0.05, 0.1) is 0 Å². The third-order valence-corrected chi connectivity index (χ3v) is 9.13. The third-order valence-electron chi connectivity index (χ3n) is 9.13. The highest BCUT2D eigenvalue weighted by atomic mass is 14.3. The summed E-state index contributed by atoms with van der Waals surface area (Å²) in [5.74, 6) is 0.600. The Bertz CT molecular complexity index is 771. The van der Waals surface area contributed by atoms with E-state index in [9.17, 15) is 0 Å². The molecular weight excluding hydrogens is 468 g/mol. The molecule has 0 saturated heterocycles. The Morgan fingerprint density at radius 3 is 1.72 bits per heavy atom. The molecule has 1 atom stereocenters. The van der Waals surface area contributed by atoms with Crippen LogP contribution in [-0.4, -0.2) is 0 Å². The van der Waals surface area contributed by atoms with Gasteiger partial charge in [-0.1, -0.05) is 139 Å². The fourth-order valence-corrected chi connectivity index (χ4v) is 6.46. The molecule has 0 heterocycles. The summed E-state index contributed by atoms with van der Waals surface area (Å²) >= 11 is 0. The molecule has 0 spiro atoms. The minimum absolute atomic E-state index is 0.327. The lowest BCUT2D eigenvalue weighted by Gasteiger charge is -2.36. The zero-order chi connectivity index (χ0) is 30.7. The Kier molecular flexibility index (Phi) is 15.7. The standard InChI is InChI=1S/C39H74/c1-17-34(22-20-24-35(6,7)8)29-37(11,12)25-19-21-31(3)27-38(13,14)26-23-32(4)33(5)28-39(15,16)30-36(9,10)18-2/h21-22,32H,5,17-20,23-30H2,1-4,6-16H3/b31-21+,34-22+. The van der Waals surface area contributed by atoms with Gasteiger partial charge in [0.15, 0.2) is 0 Å². The van der Waals surface area contributed by atoms with E-state index in [1.807, 2.05) is 0 Å².